The summed E-state index contributed by atoms with van der Waals surface area (Å²) in [6.07, 6.45) is 6.36. The number of hydrogen-bond acceptors (Lipinski definition) is 5. The first-order valence-corrected chi connectivity index (χ1v) is 11.5. The van der Waals surface area contributed by atoms with E-state index in [1.807, 2.05) is 13.2 Å². The smallest absolute Gasteiger partial charge is 0.191 e. The van der Waals surface area contributed by atoms with Crippen LogP contribution in [0.4, 0.5) is 5.82 Å². The molecule has 3 heterocycles. The Morgan fingerprint density at radius 3 is 2.62 bits per heavy atom. The van der Waals surface area contributed by atoms with Crippen molar-refractivity contribution in [2.24, 2.45) is 4.99 Å². The number of thioether (sulfide) groups is 1. The molecular weight excluding hydrogens is 497 g/mol. The van der Waals surface area contributed by atoms with E-state index >= 15 is 0 Å². The molecule has 0 aliphatic carbocycles. The molecule has 164 valence electrons. The van der Waals surface area contributed by atoms with E-state index in [2.05, 4.69) is 63.3 Å². The highest BCUT2D eigenvalue weighted by Crippen LogP contribution is 2.34. The lowest BCUT2D eigenvalue weighted by Crippen LogP contribution is -2.52. The summed E-state index contributed by atoms with van der Waals surface area (Å²) in [7, 11) is 1.87. The number of rotatable bonds is 6. The first-order chi connectivity index (χ1) is 13.6. The standard InChI is InChI=1S/C21H35N5OS.HI/c1-4-28-21(9-13-27-14-10-21)16-24-20(22-3)25-18-7-11-26(12-8-18)19-6-5-17(2)15-23-19;/h5-6,15,18H,4,7-14,16H2,1-3H3,(H2,22,24,25);1H. The van der Waals surface area contributed by atoms with Gasteiger partial charge in [-0.2, -0.15) is 11.8 Å². The van der Waals surface area contributed by atoms with Gasteiger partial charge in [0.05, 0.1) is 0 Å². The molecule has 2 N–H and O–H groups in total. The van der Waals surface area contributed by atoms with Gasteiger partial charge in [-0.05, 0) is 50.0 Å². The highest BCUT2D eigenvalue weighted by atomic mass is 127. The van der Waals surface area contributed by atoms with Gasteiger partial charge in [0.25, 0.3) is 0 Å². The Bertz CT molecular complexity index is 623. The molecule has 6 nitrogen and oxygen atoms in total. The van der Waals surface area contributed by atoms with E-state index in [0.717, 1.165) is 76.1 Å². The van der Waals surface area contributed by atoms with Crippen LogP contribution in [0.25, 0.3) is 0 Å². The second kappa shape index (κ2) is 12.2. The second-order valence-corrected chi connectivity index (χ2v) is 9.49. The fourth-order valence-corrected chi connectivity index (χ4v) is 5.20. The molecule has 0 amide bonds. The molecule has 1 aromatic heterocycles. The topological polar surface area (TPSA) is 61.8 Å². The molecule has 0 bridgehead atoms. The number of aliphatic imine (C=N–C) groups is 1. The van der Waals surface area contributed by atoms with E-state index in [-0.39, 0.29) is 28.7 Å². The zero-order valence-electron chi connectivity index (χ0n) is 17.9. The van der Waals surface area contributed by atoms with Crippen LogP contribution in [-0.4, -0.2) is 67.4 Å². The highest BCUT2D eigenvalue weighted by molar-refractivity contribution is 14.0. The van der Waals surface area contributed by atoms with Gasteiger partial charge >= 0.3 is 0 Å². The number of nitrogens with one attached hydrogen (secondary N) is 2. The first-order valence-electron chi connectivity index (χ1n) is 10.5. The summed E-state index contributed by atoms with van der Waals surface area (Å²) >= 11 is 2.06. The maximum atomic E-state index is 5.58. The summed E-state index contributed by atoms with van der Waals surface area (Å²) in [6, 6.07) is 4.72. The minimum atomic E-state index is 0. The molecule has 0 saturated carbocycles. The number of ether oxygens (including phenoxy) is 1. The van der Waals surface area contributed by atoms with Gasteiger partial charge in [0.1, 0.15) is 5.82 Å². The molecule has 1 aromatic rings. The summed E-state index contributed by atoms with van der Waals surface area (Å²) in [5.74, 6) is 3.15. The van der Waals surface area contributed by atoms with Crippen molar-refractivity contribution >= 4 is 47.5 Å². The first kappa shape index (κ1) is 24.5. The van der Waals surface area contributed by atoms with Crippen molar-refractivity contribution in [3.63, 3.8) is 0 Å². The predicted molar refractivity (Wildman–Crippen MR) is 135 cm³/mol. The van der Waals surface area contributed by atoms with Crippen LogP contribution in [0.15, 0.2) is 23.3 Å². The minimum absolute atomic E-state index is 0. The van der Waals surface area contributed by atoms with Crippen LogP contribution in [0.2, 0.25) is 0 Å². The van der Waals surface area contributed by atoms with Gasteiger partial charge in [-0.3, -0.25) is 4.99 Å². The van der Waals surface area contributed by atoms with Crippen molar-refractivity contribution in [1.29, 1.82) is 0 Å². The molecule has 2 fully saturated rings. The van der Waals surface area contributed by atoms with Gasteiger partial charge in [-0.15, -0.1) is 24.0 Å². The number of halogens is 1. The Hall–Kier alpha value is -0.740. The molecule has 2 aliphatic heterocycles. The van der Waals surface area contributed by atoms with E-state index in [4.69, 9.17) is 4.74 Å². The van der Waals surface area contributed by atoms with Crippen LogP contribution >= 0.6 is 35.7 Å². The van der Waals surface area contributed by atoms with E-state index in [1.165, 1.54) is 5.56 Å². The fraction of sp³-hybridized carbons (Fsp3) is 0.714. The summed E-state index contributed by atoms with van der Waals surface area (Å²) in [5.41, 5.74) is 1.21. The number of pyridine rings is 1. The van der Waals surface area contributed by atoms with Gasteiger partial charge in [0, 0.05) is 56.9 Å². The number of aryl methyl sites for hydroxylation is 1. The monoisotopic (exact) mass is 533 g/mol. The van der Waals surface area contributed by atoms with E-state index < -0.39 is 0 Å². The number of nitrogens with zero attached hydrogens (tertiary/aromatic N) is 3. The lowest BCUT2D eigenvalue weighted by Gasteiger charge is -2.38. The number of hydrogen-bond donors (Lipinski definition) is 2. The largest absolute Gasteiger partial charge is 0.381 e. The average molecular weight is 534 g/mol. The molecule has 0 radical (unpaired) electrons. The van der Waals surface area contributed by atoms with Crippen molar-refractivity contribution in [3.8, 4) is 0 Å². The normalized spacial score (nSPS) is 20.1. The predicted octanol–water partition coefficient (Wildman–Crippen LogP) is 3.44. The Morgan fingerprint density at radius 1 is 1.31 bits per heavy atom. The van der Waals surface area contributed by atoms with Crippen molar-refractivity contribution in [1.82, 2.24) is 15.6 Å². The zero-order chi connectivity index (χ0) is 19.8. The Balaban J connectivity index is 0.00000300. The third-order valence-corrected chi connectivity index (χ3v) is 7.17. The average Bonchev–Trinajstić information content (AvgIpc) is 2.73. The summed E-state index contributed by atoms with van der Waals surface area (Å²) in [5, 5.41) is 7.23. The summed E-state index contributed by atoms with van der Waals surface area (Å²) in [4.78, 5) is 11.4. The van der Waals surface area contributed by atoms with Crippen molar-refractivity contribution in [2.45, 2.75) is 50.3 Å². The van der Waals surface area contributed by atoms with Gasteiger partial charge in [-0.25, -0.2) is 4.98 Å². The SMILES string of the molecule is CCSC1(CNC(=NC)NC2CCN(c3ccc(C)cn3)CC2)CCOCC1.I. The lowest BCUT2D eigenvalue weighted by atomic mass is 9.99. The van der Waals surface area contributed by atoms with E-state index in [1.54, 1.807) is 0 Å². The quantitative estimate of drug-likeness (QED) is 0.332. The molecule has 8 heteroatoms. The molecule has 29 heavy (non-hydrogen) atoms. The van der Waals surface area contributed by atoms with Crippen LogP contribution in [0.5, 0.6) is 0 Å². The number of aromatic nitrogens is 1. The zero-order valence-corrected chi connectivity index (χ0v) is 21.1. The van der Waals surface area contributed by atoms with Gasteiger partial charge in [0.2, 0.25) is 0 Å². The summed E-state index contributed by atoms with van der Waals surface area (Å²) in [6.45, 7) is 9.05. The van der Waals surface area contributed by atoms with Crippen LogP contribution in [0.1, 0.15) is 38.2 Å². The van der Waals surface area contributed by atoms with E-state index in [9.17, 15) is 0 Å². The van der Waals surface area contributed by atoms with Gasteiger partial charge < -0.3 is 20.3 Å². The second-order valence-electron chi connectivity index (χ2n) is 7.75. The number of piperidine rings is 1. The fourth-order valence-electron chi connectivity index (χ4n) is 3.95. The van der Waals surface area contributed by atoms with Crippen LogP contribution in [-0.2, 0) is 4.74 Å². The molecule has 0 unspecified atom stereocenters. The molecule has 3 rings (SSSR count). The maximum Gasteiger partial charge on any atom is 0.191 e. The van der Waals surface area contributed by atoms with Crippen molar-refractivity contribution < 1.29 is 4.74 Å². The number of guanidine groups is 1. The van der Waals surface area contributed by atoms with Crippen LogP contribution < -0.4 is 15.5 Å². The highest BCUT2D eigenvalue weighted by Gasteiger charge is 2.33. The van der Waals surface area contributed by atoms with E-state index in [0.29, 0.717) is 6.04 Å². The third-order valence-electron chi connectivity index (χ3n) is 5.71. The Labute approximate surface area is 197 Å². The Kier molecular flexibility index (Phi) is 10.3. The minimum Gasteiger partial charge on any atom is -0.381 e. The Morgan fingerprint density at radius 2 is 2.03 bits per heavy atom. The van der Waals surface area contributed by atoms with Crippen LogP contribution in [0.3, 0.4) is 0 Å². The molecule has 0 atom stereocenters. The molecule has 0 spiro atoms. The molecule has 2 aliphatic rings. The third kappa shape index (κ3) is 7.17. The molecule has 2 saturated heterocycles. The lowest BCUT2D eigenvalue weighted by molar-refractivity contribution is 0.0782. The summed E-state index contributed by atoms with van der Waals surface area (Å²) < 4.78 is 5.85. The van der Waals surface area contributed by atoms with Crippen molar-refractivity contribution in [2.75, 3.05) is 50.5 Å². The van der Waals surface area contributed by atoms with Gasteiger partial charge in [0.15, 0.2) is 5.96 Å². The molecule has 0 aromatic carbocycles. The van der Waals surface area contributed by atoms with Crippen LogP contribution in [0, 0.1) is 6.92 Å². The van der Waals surface area contributed by atoms with Gasteiger partial charge in [-0.1, -0.05) is 13.0 Å². The molecular formula is C21H36IN5OS. The van der Waals surface area contributed by atoms with Crippen molar-refractivity contribution in [3.05, 3.63) is 23.9 Å². The maximum absolute atomic E-state index is 5.58. The number of anilines is 1.